The minimum Gasteiger partial charge on any atom is -0.508 e. The molecular weight excluding hydrogens is 470 g/mol. The Morgan fingerprint density at radius 2 is 1.68 bits per heavy atom. The Labute approximate surface area is 220 Å². The van der Waals surface area contributed by atoms with Crippen molar-refractivity contribution in [1.82, 2.24) is 10.2 Å². The number of hydrogen-bond donors (Lipinski definition) is 3. The van der Waals surface area contributed by atoms with Crippen molar-refractivity contribution in [2.45, 2.75) is 79.0 Å². The molecule has 0 radical (unpaired) electrons. The number of alkyl carbamates (subject to hydrolysis) is 1. The molecule has 3 amide bonds. The standard InChI is InChI=1S/C29H41N3O5/c1-19(2)15-16-21(4)32(25(34)18-30-28(36)37-29(5,6)7)26(22-12-10-13-23(33)17-22)27(35)31-24-14-9-8-11-20(24)3/h8-14,17,19,21,26,33H,15-16,18H2,1-7H3,(H,30,36)(H,31,35). The lowest BCUT2D eigenvalue weighted by Crippen LogP contribution is -2.50. The van der Waals surface area contributed by atoms with Gasteiger partial charge in [-0.15, -0.1) is 0 Å². The normalized spacial score (nSPS) is 13.0. The van der Waals surface area contributed by atoms with Gasteiger partial charge >= 0.3 is 6.09 Å². The lowest BCUT2D eigenvalue weighted by atomic mass is 9.97. The zero-order valence-electron chi connectivity index (χ0n) is 23.0. The number of rotatable bonds is 10. The molecule has 2 aromatic rings. The number of carbonyl (C=O) groups excluding carboxylic acids is 3. The summed E-state index contributed by atoms with van der Waals surface area (Å²) < 4.78 is 5.27. The van der Waals surface area contributed by atoms with Crippen LogP contribution in [0.3, 0.4) is 0 Å². The zero-order valence-corrected chi connectivity index (χ0v) is 23.0. The second-order valence-corrected chi connectivity index (χ2v) is 10.8. The van der Waals surface area contributed by atoms with Crippen molar-refractivity contribution in [1.29, 1.82) is 0 Å². The summed E-state index contributed by atoms with van der Waals surface area (Å²) in [5.41, 5.74) is 1.26. The molecule has 0 aliphatic carbocycles. The monoisotopic (exact) mass is 511 g/mol. The minimum absolute atomic E-state index is 0.0136. The van der Waals surface area contributed by atoms with Gasteiger partial charge in [0.05, 0.1) is 0 Å². The molecule has 3 N–H and O–H groups in total. The number of aryl methyl sites for hydroxylation is 1. The lowest BCUT2D eigenvalue weighted by molar-refractivity contribution is -0.141. The van der Waals surface area contributed by atoms with Gasteiger partial charge < -0.3 is 25.4 Å². The van der Waals surface area contributed by atoms with Crippen LogP contribution < -0.4 is 10.6 Å². The number of para-hydroxylation sites is 1. The lowest BCUT2D eigenvalue weighted by Gasteiger charge is -2.37. The Hall–Kier alpha value is -3.55. The molecule has 8 heteroatoms. The van der Waals surface area contributed by atoms with Crippen molar-refractivity contribution in [2.75, 3.05) is 11.9 Å². The summed E-state index contributed by atoms with van der Waals surface area (Å²) in [5, 5.41) is 15.7. The summed E-state index contributed by atoms with van der Waals surface area (Å²) in [6, 6.07) is 12.4. The number of amides is 3. The Morgan fingerprint density at radius 1 is 1.00 bits per heavy atom. The molecule has 37 heavy (non-hydrogen) atoms. The molecule has 2 atom stereocenters. The van der Waals surface area contributed by atoms with Crippen molar-refractivity contribution in [3.63, 3.8) is 0 Å². The summed E-state index contributed by atoms with van der Waals surface area (Å²) >= 11 is 0. The molecule has 0 saturated carbocycles. The van der Waals surface area contributed by atoms with Crippen LogP contribution in [0.2, 0.25) is 0 Å². The molecule has 2 rings (SSSR count). The summed E-state index contributed by atoms with van der Waals surface area (Å²) in [6.07, 6.45) is 0.785. The highest BCUT2D eigenvalue weighted by atomic mass is 16.6. The third-order valence-electron chi connectivity index (χ3n) is 5.82. The second-order valence-electron chi connectivity index (χ2n) is 10.8. The van der Waals surface area contributed by atoms with Gasteiger partial charge in [-0.25, -0.2) is 4.79 Å². The smallest absolute Gasteiger partial charge is 0.408 e. The molecule has 2 aromatic carbocycles. The average molecular weight is 512 g/mol. The first-order valence-corrected chi connectivity index (χ1v) is 12.7. The Kier molecular flexibility index (Phi) is 10.5. The predicted octanol–water partition coefficient (Wildman–Crippen LogP) is 5.56. The number of anilines is 1. The molecule has 0 fully saturated rings. The maximum Gasteiger partial charge on any atom is 0.408 e. The maximum atomic E-state index is 13.8. The zero-order chi connectivity index (χ0) is 27.8. The van der Waals surface area contributed by atoms with Crippen LogP contribution in [0.15, 0.2) is 48.5 Å². The van der Waals surface area contributed by atoms with Gasteiger partial charge in [0.2, 0.25) is 5.91 Å². The highest BCUT2D eigenvalue weighted by molar-refractivity contribution is 5.99. The van der Waals surface area contributed by atoms with E-state index in [0.29, 0.717) is 23.6 Å². The Balaban J connectivity index is 2.46. The summed E-state index contributed by atoms with van der Waals surface area (Å²) in [7, 11) is 0. The molecule has 0 aromatic heterocycles. The summed E-state index contributed by atoms with van der Waals surface area (Å²) in [5.74, 6) is -0.461. The van der Waals surface area contributed by atoms with Gasteiger partial charge in [-0.1, -0.05) is 44.2 Å². The number of aromatic hydroxyl groups is 1. The highest BCUT2D eigenvalue weighted by Crippen LogP contribution is 2.30. The molecule has 0 saturated heterocycles. The van der Waals surface area contributed by atoms with E-state index in [1.54, 1.807) is 39.0 Å². The van der Waals surface area contributed by atoms with Crippen LogP contribution in [0.1, 0.15) is 71.6 Å². The Morgan fingerprint density at radius 3 is 2.27 bits per heavy atom. The van der Waals surface area contributed by atoms with Gasteiger partial charge in [0.15, 0.2) is 0 Å². The number of hydrogen-bond acceptors (Lipinski definition) is 5. The third kappa shape index (κ3) is 9.44. The van der Waals surface area contributed by atoms with E-state index in [-0.39, 0.29) is 18.3 Å². The van der Waals surface area contributed by atoms with Crippen LogP contribution in [-0.2, 0) is 14.3 Å². The highest BCUT2D eigenvalue weighted by Gasteiger charge is 2.35. The fourth-order valence-corrected chi connectivity index (χ4v) is 3.96. The van der Waals surface area contributed by atoms with Crippen LogP contribution >= 0.6 is 0 Å². The molecule has 0 aliphatic rings. The molecule has 202 valence electrons. The molecule has 0 spiro atoms. The average Bonchev–Trinajstić information content (AvgIpc) is 2.79. The SMILES string of the molecule is Cc1ccccc1NC(=O)C(c1cccc(O)c1)N(C(=O)CNC(=O)OC(C)(C)C)C(C)CCC(C)C. The summed E-state index contributed by atoms with van der Waals surface area (Å²) in [6.45, 7) is 12.9. The van der Waals surface area contributed by atoms with E-state index in [4.69, 9.17) is 4.74 Å². The molecule has 0 bridgehead atoms. The number of carbonyl (C=O) groups is 3. The van der Waals surface area contributed by atoms with Crippen molar-refractivity contribution in [2.24, 2.45) is 5.92 Å². The quantitative estimate of drug-likeness (QED) is 0.387. The number of benzene rings is 2. The number of nitrogens with zero attached hydrogens (tertiary/aromatic N) is 1. The molecule has 0 heterocycles. The fraction of sp³-hybridized carbons (Fsp3) is 0.483. The van der Waals surface area contributed by atoms with E-state index in [0.717, 1.165) is 12.0 Å². The van der Waals surface area contributed by atoms with E-state index in [9.17, 15) is 19.5 Å². The number of phenolic OH excluding ortho intramolecular Hbond substituents is 1. The number of nitrogens with one attached hydrogen (secondary N) is 2. The first-order valence-electron chi connectivity index (χ1n) is 12.7. The van der Waals surface area contributed by atoms with Gasteiger partial charge in [-0.3, -0.25) is 9.59 Å². The van der Waals surface area contributed by atoms with Crippen LogP contribution in [0.5, 0.6) is 5.75 Å². The number of phenols is 1. The van der Waals surface area contributed by atoms with Gasteiger partial charge in [0.25, 0.3) is 5.91 Å². The summed E-state index contributed by atoms with van der Waals surface area (Å²) in [4.78, 5) is 41.2. The number of ether oxygens (including phenoxy) is 1. The van der Waals surface area contributed by atoms with Crippen LogP contribution in [0, 0.1) is 12.8 Å². The molecule has 2 unspecified atom stereocenters. The van der Waals surface area contributed by atoms with Crippen LogP contribution in [-0.4, -0.2) is 46.1 Å². The molecule has 8 nitrogen and oxygen atoms in total. The first-order chi connectivity index (χ1) is 17.3. The largest absolute Gasteiger partial charge is 0.508 e. The topological polar surface area (TPSA) is 108 Å². The molecular formula is C29H41N3O5. The van der Waals surface area contributed by atoms with E-state index < -0.39 is 29.6 Å². The maximum absolute atomic E-state index is 13.8. The van der Waals surface area contributed by atoms with Gasteiger partial charge in [-0.2, -0.15) is 0 Å². The van der Waals surface area contributed by atoms with E-state index in [1.165, 1.54) is 17.0 Å². The second kappa shape index (κ2) is 13.1. The van der Waals surface area contributed by atoms with Gasteiger partial charge in [-0.05, 0) is 82.7 Å². The van der Waals surface area contributed by atoms with Crippen molar-refractivity contribution in [3.8, 4) is 5.75 Å². The van der Waals surface area contributed by atoms with Crippen molar-refractivity contribution in [3.05, 3.63) is 59.7 Å². The first kappa shape index (κ1) is 29.7. The Bertz CT molecular complexity index is 1080. The van der Waals surface area contributed by atoms with E-state index in [1.807, 2.05) is 32.0 Å². The van der Waals surface area contributed by atoms with Crippen molar-refractivity contribution >= 4 is 23.6 Å². The minimum atomic E-state index is -1.04. The van der Waals surface area contributed by atoms with Crippen LogP contribution in [0.4, 0.5) is 10.5 Å². The van der Waals surface area contributed by atoms with Crippen LogP contribution in [0.25, 0.3) is 0 Å². The van der Waals surface area contributed by atoms with Gasteiger partial charge in [0, 0.05) is 11.7 Å². The predicted molar refractivity (Wildman–Crippen MR) is 145 cm³/mol. The molecule has 0 aliphatic heterocycles. The van der Waals surface area contributed by atoms with Gasteiger partial charge in [0.1, 0.15) is 23.9 Å². The van der Waals surface area contributed by atoms with Crippen molar-refractivity contribution < 1.29 is 24.2 Å². The third-order valence-corrected chi connectivity index (χ3v) is 5.82. The fourth-order valence-electron chi connectivity index (χ4n) is 3.96. The van der Waals surface area contributed by atoms with E-state index >= 15 is 0 Å². The van der Waals surface area contributed by atoms with E-state index in [2.05, 4.69) is 24.5 Å².